The minimum atomic E-state index is -0.576. The molecule has 0 atom stereocenters. The monoisotopic (exact) mass is 389 g/mol. The summed E-state index contributed by atoms with van der Waals surface area (Å²) < 4.78 is 10.8. The summed E-state index contributed by atoms with van der Waals surface area (Å²) in [6, 6.07) is 11.5. The molecule has 0 saturated carbocycles. The predicted molar refractivity (Wildman–Crippen MR) is 92.0 cm³/mol. The van der Waals surface area contributed by atoms with Crippen molar-refractivity contribution >= 4 is 33.9 Å². The van der Waals surface area contributed by atoms with Crippen LogP contribution in [0, 0.1) is 0 Å². The van der Waals surface area contributed by atoms with Crippen LogP contribution in [0.2, 0.25) is 0 Å². The molecule has 1 aliphatic heterocycles. The average molecular weight is 390 g/mol. The number of benzene rings is 1. The highest BCUT2D eigenvalue weighted by atomic mass is 79.9. The van der Waals surface area contributed by atoms with Gasteiger partial charge in [0.2, 0.25) is 0 Å². The summed E-state index contributed by atoms with van der Waals surface area (Å²) in [6.07, 6.45) is 3.56. The maximum atomic E-state index is 12.2. The molecular weight excluding hydrogens is 374 g/mol. The number of halogens is 1. The number of nitrogens with zero attached hydrogens (tertiary/aromatic N) is 1. The minimum absolute atomic E-state index is 0.188. The molecule has 0 N–H and O–H groups in total. The highest BCUT2D eigenvalue weighted by Crippen LogP contribution is 2.18. The van der Waals surface area contributed by atoms with Crippen LogP contribution in [0.1, 0.15) is 16.9 Å². The molecule has 0 spiro atoms. The van der Waals surface area contributed by atoms with Crippen molar-refractivity contribution in [3.8, 4) is 0 Å². The molecule has 24 heavy (non-hydrogen) atoms. The lowest BCUT2D eigenvalue weighted by molar-refractivity contribution is -0.148. The van der Waals surface area contributed by atoms with Crippen molar-refractivity contribution < 1.29 is 18.7 Å². The van der Waals surface area contributed by atoms with Crippen molar-refractivity contribution in [2.24, 2.45) is 0 Å². The fraction of sp³-hybridized carbons (Fsp3) is 0.222. The second-order valence-corrected chi connectivity index (χ2v) is 6.20. The van der Waals surface area contributed by atoms with E-state index in [2.05, 4.69) is 22.0 Å². The molecule has 2 aromatic rings. The molecule has 2 heterocycles. The van der Waals surface area contributed by atoms with E-state index >= 15 is 0 Å². The third-order valence-electron chi connectivity index (χ3n) is 3.80. The normalized spacial score (nSPS) is 13.8. The van der Waals surface area contributed by atoms with Crippen LogP contribution in [0.3, 0.4) is 0 Å². The number of rotatable bonds is 4. The Morgan fingerprint density at radius 1 is 1.21 bits per heavy atom. The second kappa shape index (κ2) is 7.49. The topological polar surface area (TPSA) is 59.8 Å². The molecule has 3 rings (SSSR count). The number of carbonyl (C=O) groups excluding carboxylic acids is 2. The number of fused-ring (bicyclic) bond motifs is 1. The van der Waals surface area contributed by atoms with Crippen molar-refractivity contribution in [1.29, 1.82) is 0 Å². The van der Waals surface area contributed by atoms with E-state index < -0.39 is 5.97 Å². The van der Waals surface area contributed by atoms with E-state index in [4.69, 9.17) is 9.15 Å². The van der Waals surface area contributed by atoms with Crippen molar-refractivity contribution in [3.05, 3.63) is 64.0 Å². The Morgan fingerprint density at radius 3 is 2.75 bits per heavy atom. The van der Waals surface area contributed by atoms with Gasteiger partial charge in [0, 0.05) is 19.2 Å². The lowest BCUT2D eigenvalue weighted by atomic mass is 10.00. The molecule has 1 aliphatic rings. The van der Waals surface area contributed by atoms with Crippen LogP contribution in [0.15, 0.2) is 51.6 Å². The summed E-state index contributed by atoms with van der Waals surface area (Å²) in [5.41, 5.74) is 2.41. The molecule has 0 radical (unpaired) electrons. The molecule has 0 unspecified atom stereocenters. The van der Waals surface area contributed by atoms with Gasteiger partial charge in [-0.3, -0.25) is 4.79 Å². The SMILES string of the molecule is O=C(C=Cc1ccc(Br)o1)OCC(=O)N1CCc2ccccc2C1. The number of ether oxygens (including phenoxy) is 1. The van der Waals surface area contributed by atoms with Gasteiger partial charge in [0.15, 0.2) is 11.3 Å². The Bertz CT molecular complexity index is 781. The van der Waals surface area contributed by atoms with Crippen LogP contribution in [0.4, 0.5) is 0 Å². The summed E-state index contributed by atoms with van der Waals surface area (Å²) in [7, 11) is 0. The van der Waals surface area contributed by atoms with Gasteiger partial charge in [0.1, 0.15) is 5.76 Å². The molecule has 0 saturated heterocycles. The average Bonchev–Trinajstić information content (AvgIpc) is 3.02. The van der Waals surface area contributed by atoms with E-state index in [1.54, 1.807) is 17.0 Å². The molecule has 0 bridgehead atoms. The van der Waals surface area contributed by atoms with Crippen LogP contribution in [-0.4, -0.2) is 29.9 Å². The molecule has 124 valence electrons. The summed E-state index contributed by atoms with van der Waals surface area (Å²) in [5, 5.41) is 0. The first-order chi connectivity index (χ1) is 11.6. The largest absolute Gasteiger partial charge is 0.452 e. The zero-order valence-corrected chi connectivity index (χ0v) is 14.5. The molecule has 0 fully saturated rings. The molecule has 5 nitrogen and oxygen atoms in total. The van der Waals surface area contributed by atoms with E-state index in [1.807, 2.05) is 18.2 Å². The van der Waals surface area contributed by atoms with Crippen LogP contribution < -0.4 is 0 Å². The van der Waals surface area contributed by atoms with E-state index in [9.17, 15) is 9.59 Å². The number of esters is 1. The predicted octanol–water partition coefficient (Wildman–Crippen LogP) is 3.18. The maximum absolute atomic E-state index is 12.2. The maximum Gasteiger partial charge on any atom is 0.331 e. The van der Waals surface area contributed by atoms with Gasteiger partial charge >= 0.3 is 5.97 Å². The minimum Gasteiger partial charge on any atom is -0.452 e. The van der Waals surface area contributed by atoms with E-state index in [0.717, 1.165) is 12.0 Å². The molecule has 1 aromatic carbocycles. The van der Waals surface area contributed by atoms with Gasteiger partial charge in [-0.15, -0.1) is 0 Å². The Labute approximate surface area is 148 Å². The van der Waals surface area contributed by atoms with Crippen LogP contribution >= 0.6 is 15.9 Å². The number of amides is 1. The zero-order valence-electron chi connectivity index (χ0n) is 12.9. The first kappa shape index (κ1) is 16.5. The van der Waals surface area contributed by atoms with E-state index in [0.29, 0.717) is 23.5 Å². The molecule has 1 aromatic heterocycles. The lowest BCUT2D eigenvalue weighted by Crippen LogP contribution is -2.38. The number of hydrogen-bond donors (Lipinski definition) is 0. The molecule has 1 amide bonds. The Morgan fingerprint density at radius 2 is 2.00 bits per heavy atom. The standard InChI is InChI=1S/C18H16BrNO4/c19-16-7-5-15(24-16)6-8-18(22)23-12-17(21)20-10-9-13-3-1-2-4-14(13)11-20/h1-8H,9-12H2. The van der Waals surface area contributed by atoms with E-state index in [-0.39, 0.29) is 12.5 Å². The molecule has 0 aliphatic carbocycles. The van der Waals surface area contributed by atoms with Crippen LogP contribution in [0.5, 0.6) is 0 Å². The van der Waals surface area contributed by atoms with Gasteiger partial charge in [0.05, 0.1) is 0 Å². The Balaban J connectivity index is 1.49. The Hall–Kier alpha value is -2.34. The number of hydrogen-bond acceptors (Lipinski definition) is 4. The summed E-state index contributed by atoms with van der Waals surface area (Å²) >= 11 is 3.18. The van der Waals surface area contributed by atoms with Crippen molar-refractivity contribution in [2.45, 2.75) is 13.0 Å². The lowest BCUT2D eigenvalue weighted by Gasteiger charge is -2.28. The Kier molecular flexibility index (Phi) is 5.15. The van der Waals surface area contributed by atoms with Gasteiger partial charge in [-0.1, -0.05) is 24.3 Å². The van der Waals surface area contributed by atoms with Gasteiger partial charge in [-0.05, 0) is 51.7 Å². The number of furan rings is 1. The van der Waals surface area contributed by atoms with Crippen molar-refractivity contribution in [3.63, 3.8) is 0 Å². The summed E-state index contributed by atoms with van der Waals surface area (Å²) in [4.78, 5) is 25.6. The number of carbonyl (C=O) groups is 2. The quantitative estimate of drug-likeness (QED) is 0.595. The van der Waals surface area contributed by atoms with Crippen molar-refractivity contribution in [2.75, 3.05) is 13.2 Å². The van der Waals surface area contributed by atoms with Gasteiger partial charge in [0.25, 0.3) is 5.91 Å². The zero-order chi connectivity index (χ0) is 16.9. The van der Waals surface area contributed by atoms with Crippen LogP contribution in [-0.2, 0) is 27.3 Å². The fourth-order valence-electron chi connectivity index (χ4n) is 2.55. The third-order valence-corrected chi connectivity index (χ3v) is 4.23. The smallest absolute Gasteiger partial charge is 0.331 e. The first-order valence-electron chi connectivity index (χ1n) is 7.56. The molecular formula is C18H16BrNO4. The van der Waals surface area contributed by atoms with Gasteiger partial charge in [-0.2, -0.15) is 0 Å². The first-order valence-corrected chi connectivity index (χ1v) is 8.36. The highest BCUT2D eigenvalue weighted by molar-refractivity contribution is 9.10. The summed E-state index contributed by atoms with van der Waals surface area (Å²) in [5.74, 6) is -0.238. The summed E-state index contributed by atoms with van der Waals surface area (Å²) in [6.45, 7) is 0.944. The van der Waals surface area contributed by atoms with Gasteiger partial charge < -0.3 is 14.1 Å². The fourth-order valence-corrected chi connectivity index (χ4v) is 2.87. The second-order valence-electron chi connectivity index (χ2n) is 5.42. The van der Waals surface area contributed by atoms with Crippen molar-refractivity contribution in [1.82, 2.24) is 4.90 Å². The third kappa shape index (κ3) is 4.14. The van der Waals surface area contributed by atoms with Gasteiger partial charge in [-0.25, -0.2) is 4.79 Å². The molecule has 6 heteroatoms. The highest BCUT2D eigenvalue weighted by Gasteiger charge is 2.20. The van der Waals surface area contributed by atoms with E-state index in [1.165, 1.54) is 17.7 Å². The van der Waals surface area contributed by atoms with Crippen LogP contribution in [0.25, 0.3) is 6.08 Å².